The van der Waals surface area contributed by atoms with Gasteiger partial charge in [0.05, 0.1) is 22.8 Å². The normalized spacial score (nSPS) is 17.8. The lowest BCUT2D eigenvalue weighted by atomic mass is 9.92. The highest BCUT2D eigenvalue weighted by molar-refractivity contribution is 8.01. The summed E-state index contributed by atoms with van der Waals surface area (Å²) in [7, 11) is 0. The number of nitrogens with one attached hydrogen (secondary N) is 2. The molecule has 1 unspecified atom stereocenters. The molecule has 1 aliphatic rings. The molecule has 0 bridgehead atoms. The van der Waals surface area contributed by atoms with Gasteiger partial charge in [-0.3, -0.25) is 15.0 Å². The Morgan fingerprint density at radius 2 is 2.13 bits per heavy atom. The van der Waals surface area contributed by atoms with Crippen molar-refractivity contribution < 1.29 is 19.4 Å². The van der Waals surface area contributed by atoms with Crippen LogP contribution < -0.4 is 15.5 Å². The van der Waals surface area contributed by atoms with Crippen LogP contribution in [-0.4, -0.2) is 46.7 Å². The number of amides is 2. The van der Waals surface area contributed by atoms with Gasteiger partial charge < -0.3 is 15.2 Å². The molecule has 3 N–H and O–H groups in total. The summed E-state index contributed by atoms with van der Waals surface area (Å²) in [6.07, 6.45) is 2.39. The van der Waals surface area contributed by atoms with Gasteiger partial charge in [0.2, 0.25) is 0 Å². The summed E-state index contributed by atoms with van der Waals surface area (Å²) in [5.74, 6) is -0.938. The Balaban J connectivity index is 1.74. The van der Waals surface area contributed by atoms with Gasteiger partial charge in [0, 0.05) is 17.9 Å². The first-order chi connectivity index (χ1) is 14.5. The fourth-order valence-corrected chi connectivity index (χ4v) is 4.29. The third kappa shape index (κ3) is 7.41. The number of benzene rings is 1. The molecule has 0 spiro atoms. The van der Waals surface area contributed by atoms with E-state index in [1.54, 1.807) is 11.1 Å². The maximum Gasteiger partial charge on any atom is 0.328 e. The number of urea groups is 1. The van der Waals surface area contributed by atoms with E-state index in [9.17, 15) is 9.59 Å². The fourth-order valence-electron chi connectivity index (χ4n) is 2.71. The van der Waals surface area contributed by atoms with E-state index in [1.807, 2.05) is 31.2 Å². The zero-order valence-corrected chi connectivity index (χ0v) is 19.7. The second-order valence-electron chi connectivity index (χ2n) is 8.75. The number of rotatable bonds is 9. The first-order valence-corrected chi connectivity index (χ1v) is 11.7. The number of aromatic nitrogens is 1. The van der Waals surface area contributed by atoms with Crippen LogP contribution in [0, 0.1) is 5.41 Å². The van der Waals surface area contributed by atoms with Gasteiger partial charge in [0.15, 0.2) is 10.9 Å². The molecule has 168 valence electrons. The molecule has 1 aromatic carbocycles. The van der Waals surface area contributed by atoms with Crippen LogP contribution in [0.5, 0.6) is 0 Å². The number of carboxylic acid groups (broad SMARTS) is 1. The van der Waals surface area contributed by atoms with E-state index < -0.39 is 5.97 Å². The Hall–Kier alpha value is -2.30. The second-order valence-corrected chi connectivity index (χ2v) is 11.1. The predicted octanol–water partition coefficient (Wildman–Crippen LogP) is 4.95. The standard InChI is InChI=1S/C21H28N4O4S2/c1-20(2,3)8-9-25(15-7-5-6-14(10-15)24-21(4)13-29-21)19(28)23-18-22-11-17(31-18)30-12-16(26)27/h5-7,10-11,24H,8-9,12-13H2,1-4H3,(H,26,27)(H,22,23,28). The second kappa shape index (κ2) is 9.46. The summed E-state index contributed by atoms with van der Waals surface area (Å²) < 4.78 is 6.14. The number of nitrogens with zero attached hydrogens (tertiary/aromatic N) is 2. The quantitative estimate of drug-likeness (QED) is 0.356. The van der Waals surface area contributed by atoms with E-state index >= 15 is 0 Å². The highest BCUT2D eigenvalue weighted by Gasteiger charge is 2.39. The monoisotopic (exact) mass is 464 g/mol. The van der Waals surface area contributed by atoms with Crippen molar-refractivity contribution in [2.75, 3.05) is 34.4 Å². The zero-order valence-electron chi connectivity index (χ0n) is 18.1. The highest BCUT2D eigenvalue weighted by atomic mass is 32.2. The van der Waals surface area contributed by atoms with E-state index in [0.717, 1.165) is 22.0 Å². The maximum absolute atomic E-state index is 13.1. The summed E-state index contributed by atoms with van der Waals surface area (Å²) >= 11 is 2.44. The van der Waals surface area contributed by atoms with Crippen LogP contribution in [0.15, 0.2) is 34.7 Å². The van der Waals surface area contributed by atoms with Gasteiger partial charge in [-0.05, 0) is 37.0 Å². The minimum atomic E-state index is -0.892. The van der Waals surface area contributed by atoms with Crippen molar-refractivity contribution >= 4 is 51.6 Å². The first kappa shape index (κ1) is 23.4. The number of aliphatic carboxylic acids is 1. The zero-order chi connectivity index (χ0) is 22.6. The van der Waals surface area contributed by atoms with Crippen molar-refractivity contribution in [2.45, 2.75) is 44.0 Å². The lowest BCUT2D eigenvalue weighted by molar-refractivity contribution is -0.133. The Morgan fingerprint density at radius 3 is 2.77 bits per heavy atom. The number of ether oxygens (including phenoxy) is 1. The molecule has 2 heterocycles. The average Bonchev–Trinajstić information content (AvgIpc) is 3.22. The van der Waals surface area contributed by atoms with Crippen LogP contribution in [0.3, 0.4) is 0 Å². The van der Waals surface area contributed by atoms with E-state index in [2.05, 4.69) is 36.4 Å². The summed E-state index contributed by atoms with van der Waals surface area (Å²) in [6.45, 7) is 9.58. The van der Waals surface area contributed by atoms with Crippen molar-refractivity contribution in [3.63, 3.8) is 0 Å². The molecular formula is C21H28N4O4S2. The van der Waals surface area contributed by atoms with Crippen LogP contribution in [0.4, 0.5) is 21.3 Å². The number of carbonyl (C=O) groups excluding carboxylic acids is 1. The Labute approximate surface area is 190 Å². The number of thioether (sulfide) groups is 1. The van der Waals surface area contributed by atoms with Gasteiger partial charge in [-0.15, -0.1) is 11.8 Å². The van der Waals surface area contributed by atoms with Crippen molar-refractivity contribution in [2.24, 2.45) is 5.41 Å². The van der Waals surface area contributed by atoms with Gasteiger partial charge in [-0.1, -0.05) is 38.2 Å². The van der Waals surface area contributed by atoms with Crippen molar-refractivity contribution in [3.05, 3.63) is 30.5 Å². The number of carboxylic acids is 1. The molecular weight excluding hydrogens is 436 g/mol. The minimum absolute atomic E-state index is 0.0459. The van der Waals surface area contributed by atoms with E-state index in [0.29, 0.717) is 18.3 Å². The molecule has 8 nitrogen and oxygen atoms in total. The van der Waals surface area contributed by atoms with Crippen LogP contribution in [-0.2, 0) is 9.53 Å². The number of thiazole rings is 1. The molecule has 1 aliphatic heterocycles. The molecule has 2 amide bonds. The third-order valence-electron chi connectivity index (χ3n) is 4.51. The summed E-state index contributed by atoms with van der Waals surface area (Å²) in [5.41, 5.74) is 1.37. The van der Waals surface area contributed by atoms with Crippen LogP contribution >= 0.6 is 23.1 Å². The molecule has 10 heteroatoms. The number of carbonyl (C=O) groups is 2. The summed E-state index contributed by atoms with van der Waals surface area (Å²) in [5, 5.41) is 15.4. The van der Waals surface area contributed by atoms with E-state index in [4.69, 9.17) is 9.84 Å². The molecule has 0 saturated carbocycles. The number of hydrogen-bond donors (Lipinski definition) is 3. The van der Waals surface area contributed by atoms with Crippen LogP contribution in [0.1, 0.15) is 34.1 Å². The number of hydrogen-bond acceptors (Lipinski definition) is 7. The molecule has 3 rings (SSSR count). The predicted molar refractivity (Wildman–Crippen MR) is 125 cm³/mol. The van der Waals surface area contributed by atoms with Gasteiger partial charge in [0.1, 0.15) is 0 Å². The van der Waals surface area contributed by atoms with Gasteiger partial charge in [-0.2, -0.15) is 0 Å². The minimum Gasteiger partial charge on any atom is -0.481 e. The number of anilines is 3. The molecule has 1 aromatic heterocycles. The Bertz CT molecular complexity index is 937. The summed E-state index contributed by atoms with van der Waals surface area (Å²) in [4.78, 5) is 29.8. The molecule has 31 heavy (non-hydrogen) atoms. The molecule has 2 aromatic rings. The lowest BCUT2D eigenvalue weighted by Gasteiger charge is -2.27. The summed E-state index contributed by atoms with van der Waals surface area (Å²) in [6, 6.07) is 7.41. The first-order valence-electron chi connectivity index (χ1n) is 9.94. The third-order valence-corrected chi connectivity index (χ3v) is 6.60. The van der Waals surface area contributed by atoms with Crippen LogP contribution in [0.2, 0.25) is 0 Å². The van der Waals surface area contributed by atoms with Gasteiger partial charge >= 0.3 is 12.0 Å². The Kier molecular flexibility index (Phi) is 7.13. The highest BCUT2D eigenvalue weighted by Crippen LogP contribution is 2.32. The van der Waals surface area contributed by atoms with Crippen LogP contribution in [0.25, 0.3) is 0 Å². The maximum atomic E-state index is 13.1. The fraction of sp³-hybridized carbons (Fsp3) is 0.476. The molecule has 1 fully saturated rings. The van der Waals surface area contributed by atoms with E-state index in [-0.39, 0.29) is 22.9 Å². The molecule has 0 radical (unpaired) electrons. The Morgan fingerprint density at radius 1 is 1.39 bits per heavy atom. The topological polar surface area (TPSA) is 107 Å². The van der Waals surface area contributed by atoms with E-state index in [1.165, 1.54) is 23.1 Å². The van der Waals surface area contributed by atoms with Crippen molar-refractivity contribution in [3.8, 4) is 0 Å². The van der Waals surface area contributed by atoms with Crippen molar-refractivity contribution in [1.29, 1.82) is 0 Å². The van der Waals surface area contributed by atoms with Gasteiger partial charge in [0.25, 0.3) is 0 Å². The molecule has 1 atom stereocenters. The molecule has 1 saturated heterocycles. The van der Waals surface area contributed by atoms with Gasteiger partial charge in [-0.25, -0.2) is 9.78 Å². The largest absolute Gasteiger partial charge is 0.481 e. The SMILES string of the molecule is CC(C)(C)CCN(C(=O)Nc1ncc(SCC(=O)O)s1)c1cccc(NC2(C)CO2)c1. The average molecular weight is 465 g/mol. The lowest BCUT2D eigenvalue weighted by Crippen LogP contribution is -2.37. The smallest absolute Gasteiger partial charge is 0.328 e. The van der Waals surface area contributed by atoms with Crippen molar-refractivity contribution in [1.82, 2.24) is 4.98 Å². The number of epoxide rings is 1. The molecule has 0 aliphatic carbocycles.